The van der Waals surface area contributed by atoms with E-state index in [1.165, 1.54) is 37.6 Å². The molecule has 2 heterocycles. The van der Waals surface area contributed by atoms with E-state index in [0.29, 0.717) is 37.6 Å². The van der Waals surface area contributed by atoms with Gasteiger partial charge in [-0.3, -0.25) is 10.1 Å². The number of methoxy groups -OCH3 is 1. The summed E-state index contributed by atoms with van der Waals surface area (Å²) in [5.74, 6) is 0.283. The topological polar surface area (TPSA) is 127 Å². The minimum Gasteiger partial charge on any atom is -0.490 e. The van der Waals surface area contributed by atoms with E-state index >= 15 is 0 Å². The molecule has 0 saturated carbocycles. The number of nitrogens with zero attached hydrogens (tertiary/aromatic N) is 3. The molecule has 0 bridgehead atoms. The van der Waals surface area contributed by atoms with Gasteiger partial charge in [0, 0.05) is 50.1 Å². The first-order chi connectivity index (χ1) is 24.8. The molecule has 0 spiro atoms. The molecule has 11 nitrogen and oxygen atoms in total. The molecule has 1 aliphatic heterocycles. The van der Waals surface area contributed by atoms with Crippen LogP contribution in [0.3, 0.4) is 0 Å². The highest BCUT2D eigenvalue weighted by atomic mass is 19.1. The summed E-state index contributed by atoms with van der Waals surface area (Å²) in [5, 5.41) is 8.47. The van der Waals surface area contributed by atoms with E-state index in [1.807, 2.05) is 44.2 Å². The lowest BCUT2D eigenvalue weighted by atomic mass is 9.95. The van der Waals surface area contributed by atoms with Crippen LogP contribution in [0.5, 0.6) is 11.5 Å². The second-order valence-electron chi connectivity index (χ2n) is 12.6. The summed E-state index contributed by atoms with van der Waals surface area (Å²) in [6, 6.07) is 17.7. The van der Waals surface area contributed by atoms with Crippen LogP contribution in [-0.4, -0.2) is 73.4 Å². The van der Waals surface area contributed by atoms with Crippen molar-refractivity contribution in [1.82, 2.24) is 20.2 Å². The molecule has 0 atom stereocenters. The van der Waals surface area contributed by atoms with Crippen molar-refractivity contribution in [2.45, 2.75) is 52.4 Å². The Hall–Kier alpha value is -5.07. The number of carbonyl (C=O) groups is 2. The smallest absolute Gasteiger partial charge is 0.418 e. The van der Waals surface area contributed by atoms with Crippen LogP contribution in [0.1, 0.15) is 48.8 Å². The summed E-state index contributed by atoms with van der Waals surface area (Å²) < 4.78 is 31.4. The van der Waals surface area contributed by atoms with E-state index < -0.39 is 11.9 Å². The Bertz CT molecular complexity index is 1780. The third-order valence-corrected chi connectivity index (χ3v) is 8.81. The van der Waals surface area contributed by atoms with Gasteiger partial charge in [-0.15, -0.1) is 0 Å². The number of anilines is 3. The lowest BCUT2D eigenvalue weighted by Gasteiger charge is -2.26. The van der Waals surface area contributed by atoms with Crippen molar-refractivity contribution < 1.29 is 28.2 Å². The SMILES string of the molecule is COCCNC(=O)CCc1ccc(-c2cccc(C)c2C)c(OC(=O)Nc2ccnc(Nc3ccc(OCCCN4CCCCC4)c(F)c3)n2)c1. The van der Waals surface area contributed by atoms with Gasteiger partial charge in [-0.1, -0.05) is 36.8 Å². The van der Waals surface area contributed by atoms with Gasteiger partial charge < -0.3 is 29.7 Å². The van der Waals surface area contributed by atoms with Crippen LogP contribution >= 0.6 is 0 Å². The Morgan fingerprint density at radius 3 is 2.59 bits per heavy atom. The first-order valence-electron chi connectivity index (χ1n) is 17.5. The number of likely N-dealkylation sites (tertiary alicyclic amines) is 1. The highest BCUT2D eigenvalue weighted by Gasteiger charge is 2.17. The number of aromatic nitrogens is 2. The zero-order chi connectivity index (χ0) is 36.0. The minimum atomic E-state index is -0.756. The Morgan fingerprint density at radius 1 is 0.941 bits per heavy atom. The van der Waals surface area contributed by atoms with E-state index in [4.69, 9.17) is 14.2 Å². The van der Waals surface area contributed by atoms with Crippen molar-refractivity contribution in [2.24, 2.45) is 0 Å². The average molecular weight is 699 g/mol. The highest BCUT2D eigenvalue weighted by molar-refractivity contribution is 5.87. The van der Waals surface area contributed by atoms with Gasteiger partial charge in [0.1, 0.15) is 11.6 Å². The fourth-order valence-electron chi connectivity index (χ4n) is 5.91. The molecule has 1 aromatic heterocycles. The minimum absolute atomic E-state index is 0.0929. The molecule has 0 aliphatic carbocycles. The lowest BCUT2D eigenvalue weighted by molar-refractivity contribution is -0.121. The molecule has 1 fully saturated rings. The summed E-state index contributed by atoms with van der Waals surface area (Å²) in [7, 11) is 1.58. The fraction of sp³-hybridized carbons (Fsp3) is 0.385. The number of halogens is 1. The van der Waals surface area contributed by atoms with E-state index in [1.54, 1.807) is 25.3 Å². The number of nitrogens with one attached hydrogen (secondary N) is 3. The molecular formula is C39H47FN6O5. The number of carbonyl (C=O) groups excluding carboxylic acids is 2. The van der Waals surface area contributed by atoms with Crippen molar-refractivity contribution in [1.29, 1.82) is 0 Å². The van der Waals surface area contributed by atoms with Crippen molar-refractivity contribution >= 4 is 29.5 Å². The largest absolute Gasteiger partial charge is 0.490 e. The summed E-state index contributed by atoms with van der Waals surface area (Å²) in [6.45, 7) is 8.55. The van der Waals surface area contributed by atoms with Gasteiger partial charge in [-0.25, -0.2) is 14.2 Å². The summed E-state index contributed by atoms with van der Waals surface area (Å²) >= 11 is 0. The third-order valence-electron chi connectivity index (χ3n) is 8.81. The standard InChI is InChI=1S/C39H47FN6O5/c1-27-9-7-10-31(28(27)2)32-14-11-29(12-16-37(47)41-19-24-49-3)25-35(32)51-39(48)45-36-17-18-42-38(44-36)43-30-13-15-34(33(40)26-30)50-23-8-22-46-20-5-4-6-21-46/h7,9-11,13-15,17-18,25-26H,4-6,8,12,16,19-24H2,1-3H3,(H,41,47)(H2,42,43,44,45,48). The predicted molar refractivity (Wildman–Crippen MR) is 196 cm³/mol. The number of rotatable bonds is 16. The number of amides is 2. The van der Waals surface area contributed by atoms with Gasteiger partial charge >= 0.3 is 6.09 Å². The Balaban J connectivity index is 1.21. The van der Waals surface area contributed by atoms with E-state index in [0.717, 1.165) is 53.9 Å². The number of ether oxygens (including phenoxy) is 3. The van der Waals surface area contributed by atoms with Crippen LogP contribution < -0.4 is 25.4 Å². The van der Waals surface area contributed by atoms with E-state index in [-0.39, 0.29) is 29.8 Å². The molecule has 3 N–H and O–H groups in total. The number of aryl methyl sites for hydroxylation is 2. The maximum atomic E-state index is 14.9. The molecule has 2 amide bonds. The van der Waals surface area contributed by atoms with Gasteiger partial charge in [-0.05, 0) is 99.1 Å². The van der Waals surface area contributed by atoms with E-state index in [2.05, 4.69) is 30.8 Å². The predicted octanol–water partition coefficient (Wildman–Crippen LogP) is 7.20. The summed E-state index contributed by atoms with van der Waals surface area (Å²) in [4.78, 5) is 36.5. The number of hydrogen-bond acceptors (Lipinski definition) is 9. The molecule has 5 rings (SSSR count). The van der Waals surface area contributed by atoms with Crippen LogP contribution in [0.25, 0.3) is 11.1 Å². The Morgan fingerprint density at radius 2 is 1.78 bits per heavy atom. The molecule has 0 radical (unpaired) electrons. The van der Waals surface area contributed by atoms with Crippen LogP contribution in [0.4, 0.5) is 26.6 Å². The molecule has 12 heteroatoms. The quantitative estimate of drug-likeness (QED) is 0.104. The van der Waals surface area contributed by atoms with Crippen LogP contribution in [-0.2, 0) is 16.0 Å². The van der Waals surface area contributed by atoms with Gasteiger partial charge in [0.2, 0.25) is 11.9 Å². The molecule has 270 valence electrons. The van der Waals surface area contributed by atoms with Crippen molar-refractivity contribution in [3.05, 3.63) is 89.4 Å². The van der Waals surface area contributed by atoms with Gasteiger partial charge in [0.05, 0.1) is 13.2 Å². The zero-order valence-corrected chi connectivity index (χ0v) is 29.6. The van der Waals surface area contributed by atoms with Gasteiger partial charge in [-0.2, -0.15) is 4.98 Å². The fourth-order valence-corrected chi connectivity index (χ4v) is 5.91. The second kappa shape index (κ2) is 18.8. The highest BCUT2D eigenvalue weighted by Crippen LogP contribution is 2.35. The van der Waals surface area contributed by atoms with Crippen molar-refractivity contribution in [3.63, 3.8) is 0 Å². The molecule has 1 aliphatic rings. The van der Waals surface area contributed by atoms with Crippen molar-refractivity contribution in [3.8, 4) is 22.6 Å². The number of piperidine rings is 1. The molecular weight excluding hydrogens is 651 g/mol. The van der Waals surface area contributed by atoms with Crippen LogP contribution in [0.15, 0.2) is 66.9 Å². The molecule has 51 heavy (non-hydrogen) atoms. The summed E-state index contributed by atoms with van der Waals surface area (Å²) in [6.07, 6.45) is 6.05. The van der Waals surface area contributed by atoms with Crippen LogP contribution in [0, 0.1) is 19.7 Å². The maximum Gasteiger partial charge on any atom is 0.418 e. The Kier molecular flexibility index (Phi) is 13.7. The zero-order valence-electron chi connectivity index (χ0n) is 29.6. The molecule has 3 aromatic carbocycles. The van der Waals surface area contributed by atoms with Crippen molar-refractivity contribution in [2.75, 3.05) is 57.1 Å². The number of benzene rings is 3. The first kappa shape index (κ1) is 37.2. The molecule has 1 saturated heterocycles. The van der Waals surface area contributed by atoms with Gasteiger partial charge in [0.15, 0.2) is 11.6 Å². The monoisotopic (exact) mass is 698 g/mol. The first-order valence-corrected chi connectivity index (χ1v) is 17.5. The van der Waals surface area contributed by atoms with Gasteiger partial charge in [0.25, 0.3) is 0 Å². The molecule has 4 aromatic rings. The Labute approximate surface area is 298 Å². The number of hydrogen-bond donors (Lipinski definition) is 3. The second-order valence-corrected chi connectivity index (χ2v) is 12.6. The summed E-state index contributed by atoms with van der Waals surface area (Å²) in [5.41, 5.74) is 5.09. The van der Waals surface area contributed by atoms with E-state index in [9.17, 15) is 14.0 Å². The average Bonchev–Trinajstić information content (AvgIpc) is 3.12. The molecule has 0 unspecified atom stereocenters. The van der Waals surface area contributed by atoms with Crippen LogP contribution in [0.2, 0.25) is 0 Å². The normalized spacial score (nSPS) is 13.0. The third kappa shape index (κ3) is 11.2. The lowest BCUT2D eigenvalue weighted by Crippen LogP contribution is -2.31. The maximum absolute atomic E-state index is 14.9.